The molecule has 0 spiro atoms. The van der Waals surface area contributed by atoms with Gasteiger partial charge in [-0.05, 0) is 85.5 Å². The smallest absolute Gasteiger partial charge is 0.338 e. The van der Waals surface area contributed by atoms with E-state index < -0.39 is 12.0 Å². The zero-order valence-corrected chi connectivity index (χ0v) is 26.2. The molecular formula is C36H32FN3O4S. The van der Waals surface area contributed by atoms with Crippen LogP contribution in [0.25, 0.3) is 11.8 Å². The second kappa shape index (κ2) is 12.5. The Kier molecular flexibility index (Phi) is 8.36. The number of hydrogen-bond acceptors (Lipinski definition) is 6. The molecule has 2 aromatic heterocycles. The molecule has 5 aromatic rings. The Labute approximate surface area is 263 Å². The molecule has 7 nitrogen and oxygen atoms in total. The summed E-state index contributed by atoms with van der Waals surface area (Å²) in [6.45, 7) is 6.25. The van der Waals surface area contributed by atoms with Gasteiger partial charge in [-0.25, -0.2) is 14.2 Å². The van der Waals surface area contributed by atoms with Gasteiger partial charge in [0.1, 0.15) is 18.2 Å². The molecule has 1 aliphatic rings. The van der Waals surface area contributed by atoms with Crippen molar-refractivity contribution in [2.45, 2.75) is 39.8 Å². The number of aromatic nitrogens is 2. The number of ether oxygens (including phenoxy) is 2. The van der Waals surface area contributed by atoms with Gasteiger partial charge in [-0.1, -0.05) is 60.7 Å². The van der Waals surface area contributed by atoms with Gasteiger partial charge in [-0.15, -0.1) is 0 Å². The molecule has 0 amide bonds. The first-order valence-electron chi connectivity index (χ1n) is 14.6. The molecule has 0 aliphatic carbocycles. The number of carbonyl (C=O) groups is 1. The van der Waals surface area contributed by atoms with E-state index in [1.54, 1.807) is 10.6 Å². The molecule has 0 fully saturated rings. The predicted octanol–water partition coefficient (Wildman–Crippen LogP) is 5.92. The number of hydrogen-bond donors (Lipinski definition) is 0. The van der Waals surface area contributed by atoms with Crippen LogP contribution in [0.15, 0.2) is 106 Å². The van der Waals surface area contributed by atoms with Crippen molar-refractivity contribution in [1.82, 2.24) is 9.13 Å². The summed E-state index contributed by atoms with van der Waals surface area (Å²) in [5.74, 6) is -0.105. The molecular weight excluding hydrogens is 589 g/mol. The molecule has 9 heteroatoms. The highest BCUT2D eigenvalue weighted by molar-refractivity contribution is 7.07. The van der Waals surface area contributed by atoms with Gasteiger partial charge in [0.25, 0.3) is 5.56 Å². The minimum atomic E-state index is -0.638. The minimum Gasteiger partial charge on any atom is -0.489 e. The van der Waals surface area contributed by atoms with Crippen LogP contribution >= 0.6 is 11.3 Å². The summed E-state index contributed by atoms with van der Waals surface area (Å²) in [4.78, 5) is 32.3. The Bertz CT molecular complexity index is 2110. The fourth-order valence-electron chi connectivity index (χ4n) is 5.77. The van der Waals surface area contributed by atoms with Crippen molar-refractivity contribution in [3.63, 3.8) is 0 Å². The zero-order chi connectivity index (χ0) is 31.7. The third-order valence-electron chi connectivity index (χ3n) is 7.91. The fourth-order valence-corrected chi connectivity index (χ4v) is 6.78. The molecule has 0 bridgehead atoms. The first-order chi connectivity index (χ1) is 21.8. The van der Waals surface area contributed by atoms with Crippen LogP contribution in [-0.4, -0.2) is 22.2 Å². The Hall–Kier alpha value is -5.02. The van der Waals surface area contributed by atoms with Crippen LogP contribution in [0, 0.1) is 19.7 Å². The van der Waals surface area contributed by atoms with Crippen LogP contribution in [0.4, 0.5) is 4.39 Å². The van der Waals surface area contributed by atoms with Crippen LogP contribution in [0.5, 0.6) is 5.75 Å². The zero-order valence-electron chi connectivity index (χ0n) is 25.4. The van der Waals surface area contributed by atoms with E-state index in [0.717, 1.165) is 33.8 Å². The number of methoxy groups -OCH3 is 1. The summed E-state index contributed by atoms with van der Waals surface area (Å²) in [5.41, 5.74) is 6.18. The third-order valence-corrected chi connectivity index (χ3v) is 8.89. The number of aryl methyl sites for hydroxylation is 1. The molecule has 3 aromatic carbocycles. The molecule has 0 N–H and O–H groups in total. The Morgan fingerprint density at radius 1 is 1.02 bits per heavy atom. The first kappa shape index (κ1) is 30.0. The van der Waals surface area contributed by atoms with Gasteiger partial charge < -0.3 is 14.0 Å². The molecule has 0 saturated carbocycles. The van der Waals surface area contributed by atoms with Crippen LogP contribution < -0.4 is 19.6 Å². The largest absolute Gasteiger partial charge is 0.489 e. The molecule has 1 aliphatic heterocycles. The Morgan fingerprint density at radius 2 is 1.78 bits per heavy atom. The van der Waals surface area contributed by atoms with E-state index in [1.165, 1.54) is 30.6 Å². The summed E-state index contributed by atoms with van der Waals surface area (Å²) in [7, 11) is 1.35. The quantitative estimate of drug-likeness (QED) is 0.202. The van der Waals surface area contributed by atoms with Gasteiger partial charge in [0.2, 0.25) is 0 Å². The number of allylic oxidation sites excluding steroid dienone is 1. The summed E-state index contributed by atoms with van der Waals surface area (Å²) in [6.07, 6.45) is 2.42. The standard InChI is InChI=1S/C36H32FN3O4S/c1-5-30-32(35(42)43-4)33(25-11-7-6-8-12-25)40-34(41)31(45-36(40)38-30)20-26-18-22(2)39(23(26)3)28-14-16-29(17-15-28)44-21-24-10-9-13-27(37)19-24/h6-20,33H,5,21H2,1-4H3/b31-20+/t33-/m1/s1. The van der Waals surface area contributed by atoms with Crippen LogP contribution in [0.3, 0.4) is 0 Å². The number of benzene rings is 3. The van der Waals surface area contributed by atoms with Crippen LogP contribution in [0.1, 0.15) is 47.5 Å². The van der Waals surface area contributed by atoms with Crippen molar-refractivity contribution >= 4 is 23.4 Å². The van der Waals surface area contributed by atoms with Crippen LogP contribution in [0.2, 0.25) is 0 Å². The average molecular weight is 622 g/mol. The monoisotopic (exact) mass is 621 g/mol. The van der Waals surface area contributed by atoms with E-state index in [1.807, 2.05) is 93.6 Å². The molecule has 228 valence electrons. The van der Waals surface area contributed by atoms with Gasteiger partial charge in [-0.3, -0.25) is 9.36 Å². The Morgan fingerprint density at radius 3 is 2.47 bits per heavy atom. The van der Waals surface area contributed by atoms with Gasteiger partial charge >= 0.3 is 5.97 Å². The lowest BCUT2D eigenvalue weighted by Crippen LogP contribution is -2.40. The summed E-state index contributed by atoms with van der Waals surface area (Å²) < 4.78 is 28.8. The van der Waals surface area contributed by atoms with E-state index in [-0.39, 0.29) is 18.0 Å². The van der Waals surface area contributed by atoms with Crippen molar-refractivity contribution in [2.24, 2.45) is 4.99 Å². The molecule has 45 heavy (non-hydrogen) atoms. The van der Waals surface area contributed by atoms with Crippen molar-refractivity contribution in [1.29, 1.82) is 0 Å². The third kappa shape index (κ3) is 5.79. The van der Waals surface area contributed by atoms with Crippen LogP contribution in [-0.2, 0) is 16.1 Å². The van der Waals surface area contributed by atoms with E-state index in [2.05, 4.69) is 4.57 Å². The van der Waals surface area contributed by atoms with Gasteiger partial charge in [0.15, 0.2) is 4.80 Å². The molecule has 6 rings (SSSR count). The number of rotatable bonds is 8. The highest BCUT2D eigenvalue weighted by Crippen LogP contribution is 2.32. The topological polar surface area (TPSA) is 74.8 Å². The maximum Gasteiger partial charge on any atom is 0.338 e. The fraction of sp³-hybridized carbons (Fsp3) is 0.194. The lowest BCUT2D eigenvalue weighted by molar-refractivity contribution is -0.136. The van der Waals surface area contributed by atoms with E-state index in [4.69, 9.17) is 14.5 Å². The SMILES string of the molecule is CCC1=C(C(=O)OC)[C@@H](c2ccccc2)n2c(s/c(=C/c3cc(C)n(-c4ccc(OCc5cccc(F)c5)cc4)c3C)c2=O)=N1. The second-order valence-corrected chi connectivity index (χ2v) is 11.8. The maximum absolute atomic E-state index is 14.0. The minimum absolute atomic E-state index is 0.214. The lowest BCUT2D eigenvalue weighted by atomic mass is 9.95. The number of thiazole rings is 1. The lowest BCUT2D eigenvalue weighted by Gasteiger charge is -2.25. The average Bonchev–Trinajstić information content (AvgIpc) is 3.52. The van der Waals surface area contributed by atoms with Gasteiger partial charge in [0.05, 0.1) is 29.0 Å². The molecule has 0 radical (unpaired) electrons. The van der Waals surface area contributed by atoms with Crippen molar-refractivity contribution in [3.8, 4) is 11.4 Å². The normalized spacial score (nSPS) is 14.7. The number of nitrogens with zero attached hydrogens (tertiary/aromatic N) is 3. The maximum atomic E-state index is 14.0. The second-order valence-electron chi connectivity index (χ2n) is 10.8. The van der Waals surface area contributed by atoms with Crippen molar-refractivity contribution < 1.29 is 18.7 Å². The predicted molar refractivity (Wildman–Crippen MR) is 173 cm³/mol. The van der Waals surface area contributed by atoms with Crippen molar-refractivity contribution in [2.75, 3.05) is 7.11 Å². The van der Waals surface area contributed by atoms with E-state index in [9.17, 15) is 14.0 Å². The summed E-state index contributed by atoms with van der Waals surface area (Å²) >= 11 is 1.31. The molecule has 0 unspecified atom stereocenters. The number of fused-ring (bicyclic) bond motifs is 1. The van der Waals surface area contributed by atoms with Gasteiger partial charge in [-0.2, -0.15) is 0 Å². The number of carbonyl (C=O) groups excluding carboxylic acids is 1. The van der Waals surface area contributed by atoms with E-state index >= 15 is 0 Å². The number of halogens is 1. The van der Waals surface area contributed by atoms with Gasteiger partial charge in [0, 0.05) is 17.1 Å². The van der Waals surface area contributed by atoms with Crippen molar-refractivity contribution in [3.05, 3.63) is 150 Å². The summed E-state index contributed by atoms with van der Waals surface area (Å²) in [5, 5.41) is 0. The number of esters is 1. The molecule has 3 heterocycles. The first-order valence-corrected chi connectivity index (χ1v) is 15.5. The molecule has 0 saturated heterocycles. The highest BCUT2D eigenvalue weighted by Gasteiger charge is 2.33. The van der Waals surface area contributed by atoms with E-state index in [0.29, 0.717) is 32.8 Å². The molecule has 1 atom stereocenters. The Balaban J connectivity index is 1.36. The summed E-state index contributed by atoms with van der Waals surface area (Å²) in [6, 6.07) is 25.0. The highest BCUT2D eigenvalue weighted by atomic mass is 32.1.